The first-order valence-corrected chi connectivity index (χ1v) is 10.5. The number of morpholine rings is 1. The molecule has 2 fully saturated rings. The minimum absolute atomic E-state index is 0.0556. The molecule has 2 aliphatic rings. The van der Waals surface area contributed by atoms with Crippen LogP contribution >= 0.6 is 39.9 Å². The maximum absolute atomic E-state index is 12.8. The molecule has 9 heteroatoms. The minimum atomic E-state index is -0.0556. The molecule has 0 bridgehead atoms. The van der Waals surface area contributed by atoms with Gasteiger partial charge in [-0.05, 0) is 23.8 Å². The number of halogens is 1. The van der Waals surface area contributed by atoms with Crippen molar-refractivity contribution in [1.29, 1.82) is 0 Å². The Bertz CT molecular complexity index is 766. The second-order valence-electron chi connectivity index (χ2n) is 6.02. The summed E-state index contributed by atoms with van der Waals surface area (Å²) in [5.41, 5.74) is 0.835. The highest BCUT2D eigenvalue weighted by Gasteiger charge is 2.32. The molecule has 6 nitrogen and oxygen atoms in total. The fraction of sp³-hybridized carbons (Fsp3) is 0.444. The summed E-state index contributed by atoms with van der Waals surface area (Å²) in [6, 6.07) is 3.66. The summed E-state index contributed by atoms with van der Waals surface area (Å²) in [4.78, 5) is 17.4. The van der Waals surface area contributed by atoms with Gasteiger partial charge in [-0.2, -0.15) is 0 Å². The number of amides is 1. The predicted octanol–water partition coefficient (Wildman–Crippen LogP) is 3.00. The normalized spacial score (nSPS) is 19.8. The van der Waals surface area contributed by atoms with Crippen LogP contribution in [0, 0.1) is 0 Å². The van der Waals surface area contributed by atoms with E-state index in [4.69, 9.17) is 26.4 Å². The number of hydrogen-bond acceptors (Lipinski definition) is 7. The molecular formula is C18H21BrN2O4S2. The van der Waals surface area contributed by atoms with E-state index in [1.54, 1.807) is 19.1 Å². The third-order valence-electron chi connectivity index (χ3n) is 4.41. The van der Waals surface area contributed by atoms with Crippen molar-refractivity contribution < 1.29 is 19.0 Å². The smallest absolute Gasteiger partial charge is 0.266 e. The molecule has 2 saturated heterocycles. The van der Waals surface area contributed by atoms with E-state index in [2.05, 4.69) is 20.8 Å². The number of methoxy groups -OCH3 is 2. The largest absolute Gasteiger partial charge is 0.493 e. The minimum Gasteiger partial charge on any atom is -0.493 e. The number of thiocarbonyl (C=S) groups is 1. The van der Waals surface area contributed by atoms with Crippen LogP contribution in [-0.2, 0) is 9.53 Å². The first-order valence-electron chi connectivity index (χ1n) is 8.50. The van der Waals surface area contributed by atoms with Crippen molar-refractivity contribution >= 4 is 56.2 Å². The van der Waals surface area contributed by atoms with Crippen molar-refractivity contribution in [1.82, 2.24) is 9.80 Å². The van der Waals surface area contributed by atoms with Crippen LogP contribution < -0.4 is 9.47 Å². The van der Waals surface area contributed by atoms with Gasteiger partial charge in [0.05, 0.1) is 32.3 Å². The highest BCUT2D eigenvalue weighted by Crippen LogP contribution is 2.37. The van der Waals surface area contributed by atoms with E-state index in [1.165, 1.54) is 11.8 Å². The van der Waals surface area contributed by atoms with Crippen molar-refractivity contribution in [2.24, 2.45) is 0 Å². The topological polar surface area (TPSA) is 51.2 Å². The van der Waals surface area contributed by atoms with E-state index in [-0.39, 0.29) is 5.91 Å². The fourth-order valence-electron chi connectivity index (χ4n) is 2.88. The fourth-order valence-corrected chi connectivity index (χ4v) is 4.62. The van der Waals surface area contributed by atoms with Gasteiger partial charge in [0.25, 0.3) is 5.91 Å². The summed E-state index contributed by atoms with van der Waals surface area (Å²) in [7, 11) is 3.17. The molecule has 0 N–H and O–H groups in total. The molecule has 2 heterocycles. The van der Waals surface area contributed by atoms with Gasteiger partial charge >= 0.3 is 0 Å². The Morgan fingerprint density at radius 3 is 2.56 bits per heavy atom. The molecule has 1 amide bonds. The van der Waals surface area contributed by atoms with Gasteiger partial charge in [0.1, 0.15) is 4.32 Å². The molecule has 2 aliphatic heterocycles. The highest BCUT2D eigenvalue weighted by molar-refractivity contribution is 9.10. The summed E-state index contributed by atoms with van der Waals surface area (Å²) in [5.74, 6) is 1.18. The first-order chi connectivity index (χ1) is 13.0. The number of carbonyl (C=O) groups excluding carboxylic acids is 1. The van der Waals surface area contributed by atoms with Gasteiger partial charge in [-0.1, -0.05) is 39.9 Å². The maximum Gasteiger partial charge on any atom is 0.266 e. The van der Waals surface area contributed by atoms with Gasteiger partial charge in [0, 0.05) is 30.7 Å². The van der Waals surface area contributed by atoms with Crippen molar-refractivity contribution in [3.8, 4) is 11.5 Å². The van der Waals surface area contributed by atoms with E-state index in [0.717, 1.165) is 42.9 Å². The number of hydrogen-bond donors (Lipinski definition) is 0. The van der Waals surface area contributed by atoms with E-state index in [0.29, 0.717) is 27.3 Å². The Labute approximate surface area is 176 Å². The number of ether oxygens (including phenoxy) is 3. The molecule has 0 atom stereocenters. The number of carbonyl (C=O) groups is 1. The van der Waals surface area contributed by atoms with Crippen LogP contribution in [0.25, 0.3) is 6.08 Å². The molecular weight excluding hydrogens is 452 g/mol. The summed E-state index contributed by atoms with van der Waals surface area (Å²) in [5, 5.41) is 0. The lowest BCUT2D eigenvalue weighted by Crippen LogP contribution is -2.42. The average Bonchev–Trinajstić information content (AvgIpc) is 2.95. The van der Waals surface area contributed by atoms with Gasteiger partial charge in [0.2, 0.25) is 0 Å². The molecule has 3 rings (SSSR count). The van der Waals surface area contributed by atoms with Crippen LogP contribution in [0.2, 0.25) is 0 Å². The van der Waals surface area contributed by atoms with Crippen LogP contribution in [0.5, 0.6) is 11.5 Å². The number of rotatable bonds is 6. The predicted molar refractivity (Wildman–Crippen MR) is 114 cm³/mol. The lowest BCUT2D eigenvalue weighted by atomic mass is 10.2. The summed E-state index contributed by atoms with van der Waals surface area (Å²) >= 11 is 10.3. The van der Waals surface area contributed by atoms with E-state index < -0.39 is 0 Å². The van der Waals surface area contributed by atoms with Crippen LogP contribution in [-0.4, -0.2) is 73.6 Å². The van der Waals surface area contributed by atoms with Crippen LogP contribution in [0.1, 0.15) is 5.56 Å². The monoisotopic (exact) mass is 472 g/mol. The Kier molecular flexibility index (Phi) is 7.16. The Morgan fingerprint density at radius 2 is 1.89 bits per heavy atom. The summed E-state index contributed by atoms with van der Waals surface area (Å²) < 4.78 is 17.4. The number of nitrogens with zero attached hydrogens (tertiary/aromatic N) is 2. The van der Waals surface area contributed by atoms with Crippen molar-refractivity contribution in [3.63, 3.8) is 0 Å². The molecule has 27 heavy (non-hydrogen) atoms. The van der Waals surface area contributed by atoms with Crippen molar-refractivity contribution in [3.05, 3.63) is 27.1 Å². The zero-order valence-corrected chi connectivity index (χ0v) is 18.4. The summed E-state index contributed by atoms with van der Waals surface area (Å²) in [6.07, 6.45) is 1.83. The van der Waals surface area contributed by atoms with Gasteiger partial charge < -0.3 is 14.2 Å². The number of thioether (sulfide) groups is 1. The third-order valence-corrected chi connectivity index (χ3v) is 6.47. The standard InChI is InChI=1S/C18H21BrN2O4S2/c1-23-14-9-12(13(19)11-15(14)24-2)10-16-17(22)21(18(26)27-16)4-3-20-5-7-25-8-6-20/h9-11H,3-8H2,1-2H3/b16-10+. The van der Waals surface area contributed by atoms with Crippen molar-refractivity contribution in [2.45, 2.75) is 0 Å². The number of benzene rings is 1. The Morgan fingerprint density at radius 1 is 1.22 bits per heavy atom. The quantitative estimate of drug-likeness (QED) is 0.465. The molecule has 0 aromatic heterocycles. The van der Waals surface area contributed by atoms with Crippen LogP contribution in [0.15, 0.2) is 21.5 Å². The average molecular weight is 473 g/mol. The molecule has 0 aliphatic carbocycles. The lowest BCUT2D eigenvalue weighted by Gasteiger charge is -2.28. The van der Waals surface area contributed by atoms with E-state index in [1.807, 2.05) is 18.2 Å². The molecule has 0 saturated carbocycles. The lowest BCUT2D eigenvalue weighted by molar-refractivity contribution is -0.122. The molecule has 0 radical (unpaired) electrons. The second-order valence-corrected chi connectivity index (χ2v) is 8.55. The zero-order chi connectivity index (χ0) is 19.4. The first kappa shape index (κ1) is 20.6. The Hall–Kier alpha value is -1.13. The second kappa shape index (κ2) is 9.38. The Balaban J connectivity index is 1.74. The molecule has 146 valence electrons. The van der Waals surface area contributed by atoms with Gasteiger partial charge in [-0.3, -0.25) is 14.6 Å². The van der Waals surface area contributed by atoms with Crippen LogP contribution in [0.3, 0.4) is 0 Å². The van der Waals surface area contributed by atoms with E-state index >= 15 is 0 Å². The zero-order valence-electron chi connectivity index (χ0n) is 15.2. The SMILES string of the molecule is COc1cc(Br)c(/C=C2/SC(=S)N(CCN3CCOCC3)C2=O)cc1OC. The molecule has 1 aromatic rings. The summed E-state index contributed by atoms with van der Waals surface area (Å²) in [6.45, 7) is 4.65. The molecule has 0 unspecified atom stereocenters. The maximum atomic E-state index is 12.8. The molecule has 1 aromatic carbocycles. The van der Waals surface area contributed by atoms with Crippen molar-refractivity contribution in [2.75, 3.05) is 53.6 Å². The van der Waals surface area contributed by atoms with Gasteiger partial charge in [0.15, 0.2) is 11.5 Å². The van der Waals surface area contributed by atoms with Crippen LogP contribution in [0.4, 0.5) is 0 Å². The van der Waals surface area contributed by atoms with Gasteiger partial charge in [-0.15, -0.1) is 0 Å². The van der Waals surface area contributed by atoms with Gasteiger partial charge in [-0.25, -0.2) is 0 Å². The van der Waals surface area contributed by atoms with E-state index in [9.17, 15) is 4.79 Å². The third kappa shape index (κ3) is 4.83. The molecule has 0 spiro atoms. The highest BCUT2D eigenvalue weighted by atomic mass is 79.9.